The topological polar surface area (TPSA) is 68.8 Å². The summed E-state index contributed by atoms with van der Waals surface area (Å²) in [6.45, 7) is 6.92. The Morgan fingerprint density at radius 3 is 2.62 bits per heavy atom. The lowest BCUT2D eigenvalue weighted by Gasteiger charge is -2.35. The van der Waals surface area contributed by atoms with Crippen molar-refractivity contribution in [3.05, 3.63) is 46.0 Å². The van der Waals surface area contributed by atoms with Crippen LogP contribution in [0.2, 0.25) is 0 Å². The van der Waals surface area contributed by atoms with Gasteiger partial charge in [-0.05, 0) is 38.5 Å². The van der Waals surface area contributed by atoms with Crippen molar-refractivity contribution in [1.29, 1.82) is 0 Å². The van der Waals surface area contributed by atoms with Gasteiger partial charge in [0, 0.05) is 26.3 Å². The van der Waals surface area contributed by atoms with Gasteiger partial charge in [0.05, 0.1) is 17.6 Å². The predicted molar refractivity (Wildman–Crippen MR) is 98.6 cm³/mol. The van der Waals surface area contributed by atoms with Crippen molar-refractivity contribution in [3.8, 4) is 0 Å². The molecule has 0 spiro atoms. The third-order valence-corrected chi connectivity index (χ3v) is 4.87. The number of aromatic nitrogens is 3. The zero-order valence-electron chi connectivity index (χ0n) is 15.4. The average Bonchev–Trinajstić information content (AvgIpc) is 2.91. The molecule has 0 radical (unpaired) electrons. The van der Waals surface area contributed by atoms with Crippen LogP contribution in [-0.4, -0.2) is 50.1 Å². The van der Waals surface area contributed by atoms with Crippen LogP contribution in [0.4, 0.5) is 0 Å². The normalized spacial score (nSPS) is 20.8. The van der Waals surface area contributed by atoms with Crippen molar-refractivity contribution in [3.63, 3.8) is 0 Å². The smallest absolute Gasteiger partial charge is 0.270 e. The van der Waals surface area contributed by atoms with Crippen LogP contribution >= 0.6 is 0 Å². The van der Waals surface area contributed by atoms with Gasteiger partial charge in [-0.15, -0.1) is 0 Å². The van der Waals surface area contributed by atoms with Crippen LogP contribution in [0.3, 0.4) is 0 Å². The van der Waals surface area contributed by atoms with Crippen LogP contribution in [0.15, 0.2) is 29.2 Å². The Balaban J connectivity index is 1.85. The quantitative estimate of drug-likeness (QED) is 0.668. The molecular weight excluding hydrogens is 332 g/mol. The molecule has 0 N–H and O–H groups in total. The summed E-state index contributed by atoms with van der Waals surface area (Å²) >= 11 is 0. The highest BCUT2D eigenvalue weighted by Gasteiger charge is 2.29. The molecule has 1 fully saturated rings. The van der Waals surface area contributed by atoms with E-state index in [4.69, 9.17) is 4.74 Å². The zero-order valence-corrected chi connectivity index (χ0v) is 15.4. The second-order valence-corrected chi connectivity index (χ2v) is 7.14. The van der Waals surface area contributed by atoms with E-state index in [-0.39, 0.29) is 23.7 Å². The Morgan fingerprint density at radius 1 is 1.23 bits per heavy atom. The number of carbonyl (C=O) groups is 1. The second kappa shape index (κ2) is 5.95. The van der Waals surface area contributed by atoms with Gasteiger partial charge in [-0.25, -0.2) is 4.98 Å². The average molecular weight is 354 g/mol. The van der Waals surface area contributed by atoms with Gasteiger partial charge in [0.1, 0.15) is 17.0 Å². The van der Waals surface area contributed by atoms with Crippen molar-refractivity contribution < 1.29 is 9.53 Å². The largest absolute Gasteiger partial charge is 0.372 e. The maximum absolute atomic E-state index is 13.1. The number of carbonyl (C=O) groups excluding carboxylic acids is 1. The van der Waals surface area contributed by atoms with Crippen molar-refractivity contribution in [1.82, 2.24) is 18.9 Å². The lowest BCUT2D eigenvalue weighted by Crippen LogP contribution is -2.48. The number of ether oxygens (including phenoxy) is 1. The molecule has 1 aliphatic heterocycles. The molecule has 4 heterocycles. The number of amides is 1. The van der Waals surface area contributed by atoms with E-state index in [0.717, 1.165) is 5.56 Å². The van der Waals surface area contributed by atoms with Gasteiger partial charge in [0.2, 0.25) is 0 Å². The van der Waals surface area contributed by atoms with E-state index in [0.29, 0.717) is 35.5 Å². The van der Waals surface area contributed by atoms with Crippen molar-refractivity contribution in [2.24, 2.45) is 7.05 Å². The van der Waals surface area contributed by atoms with Crippen LogP contribution in [0.5, 0.6) is 0 Å². The molecule has 136 valence electrons. The van der Waals surface area contributed by atoms with Gasteiger partial charge in [0.15, 0.2) is 0 Å². The van der Waals surface area contributed by atoms with Gasteiger partial charge in [-0.2, -0.15) is 0 Å². The Hall–Kier alpha value is -2.67. The van der Waals surface area contributed by atoms with E-state index in [9.17, 15) is 9.59 Å². The van der Waals surface area contributed by atoms with Crippen molar-refractivity contribution in [2.45, 2.75) is 33.0 Å². The summed E-state index contributed by atoms with van der Waals surface area (Å²) in [4.78, 5) is 32.3. The predicted octanol–water partition coefficient (Wildman–Crippen LogP) is 1.74. The molecule has 7 nitrogen and oxygen atoms in total. The molecular formula is C19H22N4O3. The highest BCUT2D eigenvalue weighted by Crippen LogP contribution is 2.19. The molecule has 0 saturated carbocycles. The fraction of sp³-hybridized carbons (Fsp3) is 0.421. The molecule has 26 heavy (non-hydrogen) atoms. The van der Waals surface area contributed by atoms with E-state index in [1.165, 1.54) is 4.40 Å². The number of pyridine rings is 1. The summed E-state index contributed by atoms with van der Waals surface area (Å²) in [7, 11) is 1.78. The Labute approximate surface area is 150 Å². The second-order valence-electron chi connectivity index (χ2n) is 7.14. The minimum atomic E-state index is -0.160. The van der Waals surface area contributed by atoms with Gasteiger partial charge in [-0.1, -0.05) is 6.07 Å². The molecule has 0 aliphatic carbocycles. The fourth-order valence-electron chi connectivity index (χ4n) is 3.69. The monoisotopic (exact) mass is 354 g/mol. The molecule has 1 amide bonds. The van der Waals surface area contributed by atoms with Gasteiger partial charge in [0.25, 0.3) is 11.5 Å². The van der Waals surface area contributed by atoms with Crippen LogP contribution in [0, 0.1) is 6.92 Å². The molecule has 0 aromatic carbocycles. The molecule has 2 atom stereocenters. The third-order valence-electron chi connectivity index (χ3n) is 4.87. The number of nitrogens with zero attached hydrogens (tertiary/aromatic N) is 4. The van der Waals surface area contributed by atoms with Gasteiger partial charge < -0.3 is 14.2 Å². The summed E-state index contributed by atoms with van der Waals surface area (Å²) in [5, 5.41) is 0.452. The van der Waals surface area contributed by atoms with Gasteiger partial charge in [-0.3, -0.25) is 14.0 Å². The number of rotatable bonds is 1. The molecule has 0 unspecified atom stereocenters. The molecule has 1 saturated heterocycles. The van der Waals surface area contributed by atoms with E-state index in [2.05, 4.69) is 4.98 Å². The third kappa shape index (κ3) is 2.59. The van der Waals surface area contributed by atoms with E-state index in [1.54, 1.807) is 28.8 Å². The van der Waals surface area contributed by atoms with Gasteiger partial charge >= 0.3 is 0 Å². The lowest BCUT2D eigenvalue weighted by atomic mass is 10.2. The molecule has 1 aliphatic rings. The zero-order chi connectivity index (χ0) is 18.6. The Kier molecular flexibility index (Phi) is 3.84. The summed E-state index contributed by atoms with van der Waals surface area (Å²) in [6.07, 6.45) is 1.75. The molecule has 3 aromatic rings. The minimum Gasteiger partial charge on any atom is -0.372 e. The SMILES string of the molecule is Cc1ccc2nc3c(cc(C(=O)N4C[C@H](C)O[C@@H](C)C4)n3C)c(=O)n2c1. The molecule has 3 aromatic heterocycles. The maximum atomic E-state index is 13.1. The fourth-order valence-corrected chi connectivity index (χ4v) is 3.69. The Morgan fingerprint density at radius 2 is 1.92 bits per heavy atom. The molecule has 4 rings (SSSR count). The van der Waals surface area contributed by atoms with Crippen LogP contribution in [0.1, 0.15) is 29.9 Å². The minimum absolute atomic E-state index is 0.00769. The first-order chi connectivity index (χ1) is 12.3. The van der Waals surface area contributed by atoms with E-state index >= 15 is 0 Å². The van der Waals surface area contributed by atoms with Crippen molar-refractivity contribution in [2.75, 3.05) is 13.1 Å². The summed E-state index contributed by atoms with van der Waals surface area (Å²) in [5.41, 5.74) is 2.38. The van der Waals surface area contributed by atoms with Crippen molar-refractivity contribution >= 4 is 22.6 Å². The number of fused-ring (bicyclic) bond motifs is 2. The summed E-state index contributed by atoms with van der Waals surface area (Å²) in [5.74, 6) is -0.0999. The van der Waals surface area contributed by atoms with Crippen LogP contribution < -0.4 is 5.56 Å². The lowest BCUT2D eigenvalue weighted by molar-refractivity contribution is -0.0588. The maximum Gasteiger partial charge on any atom is 0.270 e. The van der Waals surface area contributed by atoms with E-state index in [1.807, 2.05) is 32.9 Å². The first-order valence-corrected chi connectivity index (χ1v) is 8.78. The van der Waals surface area contributed by atoms with Crippen LogP contribution in [-0.2, 0) is 11.8 Å². The standard InChI is InChI=1S/C19H22N4O3/c1-11-5-6-16-20-17-14(18(24)23(16)8-11)7-15(21(17)4)19(25)22-9-12(2)26-13(3)10-22/h5-8,12-13H,9-10H2,1-4H3/t12-,13-/m0/s1. The number of hydrogen-bond donors (Lipinski definition) is 0. The van der Waals surface area contributed by atoms with E-state index < -0.39 is 0 Å². The summed E-state index contributed by atoms with van der Waals surface area (Å²) < 4.78 is 8.95. The molecule has 7 heteroatoms. The molecule has 0 bridgehead atoms. The highest BCUT2D eigenvalue weighted by molar-refractivity contribution is 5.98. The Bertz CT molecular complexity index is 1070. The first kappa shape index (κ1) is 16.8. The number of morpholine rings is 1. The first-order valence-electron chi connectivity index (χ1n) is 8.78. The number of hydrogen-bond acceptors (Lipinski definition) is 4. The number of aryl methyl sites for hydroxylation is 2. The summed E-state index contributed by atoms with van der Waals surface area (Å²) in [6, 6.07) is 5.39. The highest BCUT2D eigenvalue weighted by atomic mass is 16.5. The van der Waals surface area contributed by atoms with Crippen LogP contribution in [0.25, 0.3) is 16.7 Å².